The van der Waals surface area contributed by atoms with Crippen molar-refractivity contribution in [1.82, 2.24) is 0 Å². The average Bonchev–Trinajstić information content (AvgIpc) is 1.46. The van der Waals surface area contributed by atoms with Gasteiger partial charge in [0.1, 0.15) is 0 Å². The number of hydrogen-bond acceptors (Lipinski definition) is 4. The Kier molecular flexibility index (Phi) is 39.4. The summed E-state index contributed by atoms with van der Waals surface area (Å²) in [6, 6.07) is 0. The first-order chi connectivity index (χ1) is 2.41. The summed E-state index contributed by atoms with van der Waals surface area (Å²) in [5.41, 5.74) is 0. The summed E-state index contributed by atoms with van der Waals surface area (Å²) in [4.78, 5) is 0. The van der Waals surface area contributed by atoms with Crippen LogP contribution in [-0.2, 0) is 22.5 Å². The molecule has 5 heteroatoms. The molecule has 0 rings (SSSR count). The van der Waals surface area contributed by atoms with Gasteiger partial charge < -0.3 is 0 Å². The fourth-order valence-corrected chi connectivity index (χ4v) is 0. The molecule has 0 N–H and O–H groups in total. The van der Waals surface area contributed by atoms with Gasteiger partial charge >= 0.3 is 22.5 Å². The second-order valence-corrected chi connectivity index (χ2v) is 0.260. The molecule has 0 saturated carbocycles. The topological polar surface area (TPSA) is 34.1 Å². The number of hydrogen-bond donors (Lipinski definition) is 2. The second-order valence-electron chi connectivity index (χ2n) is 0.0630. The van der Waals surface area contributed by atoms with E-state index in [-0.39, 0.29) is 0 Å². The molecule has 0 amide bonds. The minimum atomic E-state index is -1.44. The Labute approximate surface area is 46.1 Å². The van der Waals surface area contributed by atoms with Crippen LogP contribution in [0.5, 0.6) is 0 Å². The molecule has 0 fully saturated rings. The minimum absolute atomic E-state index is 1.44. The molecule has 0 saturated heterocycles. The average molecular weight is 153 g/mol. The van der Waals surface area contributed by atoms with Crippen molar-refractivity contribution in [2.75, 3.05) is 0 Å². The van der Waals surface area contributed by atoms with Crippen molar-refractivity contribution in [1.29, 1.82) is 0 Å². The van der Waals surface area contributed by atoms with Crippen molar-refractivity contribution < 1.29 is 22.5 Å². The molecule has 33 valence electrons. The van der Waals surface area contributed by atoms with Crippen molar-refractivity contribution in [2.45, 2.75) is 0 Å². The van der Waals surface area contributed by atoms with Gasteiger partial charge in [-0.3, -0.25) is 0 Å². The molecule has 0 bridgehead atoms. The van der Waals surface area contributed by atoms with E-state index in [9.17, 15) is 0 Å². The molecule has 0 aliphatic heterocycles. The normalized spacial score (nSPS) is 3.60. The molecule has 0 aliphatic rings. The van der Waals surface area contributed by atoms with Crippen LogP contribution in [-0.4, -0.2) is 0 Å². The molecule has 0 radical (unpaired) electrons. The Bertz CT molecular complexity index is 28.6. The molecule has 0 atom stereocenters. The SMILES string of the molecule is SS.[O]=[Mn]=[O]. The van der Waals surface area contributed by atoms with Gasteiger partial charge in [-0.25, -0.2) is 0 Å². The van der Waals surface area contributed by atoms with E-state index in [1.807, 2.05) is 0 Å². The van der Waals surface area contributed by atoms with Gasteiger partial charge in [0.2, 0.25) is 0 Å². The maximum atomic E-state index is 8.41. The monoisotopic (exact) mass is 153 g/mol. The van der Waals surface area contributed by atoms with Crippen molar-refractivity contribution in [3.63, 3.8) is 0 Å². The zero-order valence-electron chi connectivity index (χ0n) is 2.09. The van der Waals surface area contributed by atoms with E-state index >= 15 is 0 Å². The van der Waals surface area contributed by atoms with Gasteiger partial charge in [0, 0.05) is 0 Å². The van der Waals surface area contributed by atoms with Crippen LogP contribution in [0.25, 0.3) is 0 Å². The van der Waals surface area contributed by atoms with Gasteiger partial charge in [-0.1, -0.05) is 0 Å². The standard InChI is InChI=1S/Mn.2O.H2S2/c;;;1-2/h;;;1-2H. The van der Waals surface area contributed by atoms with E-state index in [1.165, 1.54) is 0 Å². The molecule has 0 aromatic heterocycles. The van der Waals surface area contributed by atoms with E-state index < -0.39 is 14.8 Å². The van der Waals surface area contributed by atoms with E-state index in [2.05, 4.69) is 23.3 Å². The first-order valence-corrected chi connectivity index (χ1v) is 3.07. The van der Waals surface area contributed by atoms with Crippen molar-refractivity contribution in [3.8, 4) is 0 Å². The van der Waals surface area contributed by atoms with Crippen LogP contribution in [0.1, 0.15) is 0 Å². The van der Waals surface area contributed by atoms with E-state index in [0.717, 1.165) is 0 Å². The van der Waals surface area contributed by atoms with Crippen LogP contribution >= 0.6 is 23.3 Å². The van der Waals surface area contributed by atoms with E-state index in [0.29, 0.717) is 0 Å². The van der Waals surface area contributed by atoms with E-state index in [4.69, 9.17) is 7.67 Å². The van der Waals surface area contributed by atoms with Crippen LogP contribution < -0.4 is 0 Å². The summed E-state index contributed by atoms with van der Waals surface area (Å²) in [7, 11) is 0. The molecule has 5 heavy (non-hydrogen) atoms. The van der Waals surface area contributed by atoms with Crippen LogP contribution in [0.3, 0.4) is 0 Å². The molecule has 2 nitrogen and oxygen atoms in total. The number of rotatable bonds is 0. The molecule has 0 aromatic carbocycles. The first-order valence-electron chi connectivity index (χ1n) is 0.509. The summed E-state index contributed by atoms with van der Waals surface area (Å²) < 4.78 is 16.8. The summed E-state index contributed by atoms with van der Waals surface area (Å²) >= 11 is 5.01. The Morgan fingerprint density at radius 2 is 1.20 bits per heavy atom. The first kappa shape index (κ1) is 9.27. The van der Waals surface area contributed by atoms with Gasteiger partial charge in [-0.05, 0) is 0 Å². The zero-order valence-corrected chi connectivity index (χ0v) is 5.06. The van der Waals surface area contributed by atoms with E-state index in [1.54, 1.807) is 0 Å². The maximum absolute atomic E-state index is 8.41. The van der Waals surface area contributed by atoms with Gasteiger partial charge in [0.05, 0.1) is 0 Å². The zero-order chi connectivity index (χ0) is 4.71. The van der Waals surface area contributed by atoms with Gasteiger partial charge in [-0.2, -0.15) is 0 Å². The molecule has 0 aliphatic carbocycles. The molecule has 0 aromatic rings. The van der Waals surface area contributed by atoms with Gasteiger partial charge in [-0.15, -0.1) is 23.3 Å². The number of thiol groups is 2. The van der Waals surface area contributed by atoms with Crippen LogP contribution in [0.15, 0.2) is 0 Å². The van der Waals surface area contributed by atoms with Crippen molar-refractivity contribution in [2.24, 2.45) is 0 Å². The fourth-order valence-electron chi connectivity index (χ4n) is 0. The molecule has 0 spiro atoms. The van der Waals surface area contributed by atoms with Gasteiger partial charge in [0.25, 0.3) is 0 Å². The third-order valence-electron chi connectivity index (χ3n) is 0. The van der Waals surface area contributed by atoms with Crippen molar-refractivity contribution in [3.05, 3.63) is 0 Å². The Hall–Kier alpha value is 0.819. The predicted octanol–water partition coefficient (Wildman–Crippen LogP) is 0.521. The molecule has 0 heterocycles. The van der Waals surface area contributed by atoms with Crippen molar-refractivity contribution >= 4 is 23.3 Å². The Morgan fingerprint density at radius 3 is 1.20 bits per heavy atom. The molecular formula is H2MnO2S2. The third kappa shape index (κ3) is 57.1. The molecular weight excluding hydrogens is 151 g/mol. The summed E-state index contributed by atoms with van der Waals surface area (Å²) in [6.07, 6.45) is 0. The molecule has 0 unspecified atom stereocenters. The van der Waals surface area contributed by atoms with Crippen LogP contribution in [0, 0.1) is 0 Å². The van der Waals surface area contributed by atoms with Gasteiger partial charge in [0.15, 0.2) is 0 Å². The quantitative estimate of drug-likeness (QED) is 0.302. The second kappa shape index (κ2) is 21.2. The Morgan fingerprint density at radius 1 is 1.20 bits per heavy atom. The summed E-state index contributed by atoms with van der Waals surface area (Å²) in [5, 5.41) is 0. The van der Waals surface area contributed by atoms with Crippen LogP contribution in [0.4, 0.5) is 0 Å². The van der Waals surface area contributed by atoms with Crippen LogP contribution in [0.2, 0.25) is 0 Å². The summed E-state index contributed by atoms with van der Waals surface area (Å²) in [6.45, 7) is 0. The summed E-state index contributed by atoms with van der Waals surface area (Å²) in [5.74, 6) is 0. The third-order valence-corrected chi connectivity index (χ3v) is 0. The predicted molar refractivity (Wildman–Crippen MR) is 19.3 cm³/mol. The Balaban J connectivity index is 0. The fraction of sp³-hybridized carbons (Fsp3) is 0.